The number of aryl methyl sites for hydroxylation is 1. The van der Waals surface area contributed by atoms with Crippen LogP contribution in [0.15, 0.2) is 59.7 Å². The highest BCUT2D eigenvalue weighted by atomic mass is 35.5. The van der Waals surface area contributed by atoms with Crippen LogP contribution in [-0.4, -0.2) is 21.9 Å². The van der Waals surface area contributed by atoms with Crippen LogP contribution in [0.1, 0.15) is 21.6 Å². The minimum absolute atomic E-state index is 0.363. The maximum Gasteiger partial charge on any atom is 0.273 e. The van der Waals surface area contributed by atoms with Crippen molar-refractivity contribution in [1.82, 2.24) is 15.2 Å². The number of hydrogen-bond acceptors (Lipinski definition) is 4. The molecule has 0 spiro atoms. The van der Waals surface area contributed by atoms with Gasteiger partial charge in [-0.2, -0.15) is 10.2 Å². The van der Waals surface area contributed by atoms with Gasteiger partial charge in [-0.05, 0) is 31.2 Å². The molecule has 0 saturated carbocycles. The highest BCUT2D eigenvalue weighted by Gasteiger charge is 2.13. The standard InChI is InChI=1S/C18H16ClN5O/c1-12-15(17(19)24(23-12)13-7-3-2-4-8-13)11-21-22-18(25)14-9-5-6-10-16(14)20/h2-11H,20H2,1H3,(H,22,25). The zero-order valence-electron chi connectivity index (χ0n) is 13.5. The zero-order valence-corrected chi connectivity index (χ0v) is 14.2. The van der Waals surface area contributed by atoms with Gasteiger partial charge in [-0.3, -0.25) is 4.79 Å². The molecule has 1 heterocycles. The Kier molecular flexibility index (Phi) is 4.81. The van der Waals surface area contributed by atoms with Crippen LogP contribution in [0, 0.1) is 6.92 Å². The SMILES string of the molecule is Cc1nn(-c2ccccc2)c(Cl)c1C=NNC(=O)c1ccccc1N. The number of hydrogen-bond donors (Lipinski definition) is 2. The molecule has 25 heavy (non-hydrogen) atoms. The molecule has 0 aliphatic heterocycles. The Balaban J connectivity index is 1.80. The summed E-state index contributed by atoms with van der Waals surface area (Å²) < 4.78 is 1.62. The van der Waals surface area contributed by atoms with Crippen molar-refractivity contribution in [3.63, 3.8) is 0 Å². The molecule has 0 atom stereocenters. The smallest absolute Gasteiger partial charge is 0.273 e. The second-order valence-electron chi connectivity index (χ2n) is 5.32. The quantitative estimate of drug-likeness (QED) is 0.429. The van der Waals surface area contributed by atoms with Gasteiger partial charge in [-0.15, -0.1) is 0 Å². The van der Waals surface area contributed by atoms with Gasteiger partial charge in [-0.25, -0.2) is 10.1 Å². The summed E-state index contributed by atoms with van der Waals surface area (Å²) in [4.78, 5) is 12.1. The summed E-state index contributed by atoms with van der Waals surface area (Å²) in [6, 6.07) is 16.3. The first-order valence-corrected chi connectivity index (χ1v) is 7.94. The van der Waals surface area contributed by atoms with E-state index in [4.69, 9.17) is 17.3 Å². The molecule has 0 fully saturated rings. The number of benzene rings is 2. The number of para-hydroxylation sites is 2. The van der Waals surface area contributed by atoms with Crippen LogP contribution in [0.4, 0.5) is 5.69 Å². The van der Waals surface area contributed by atoms with Crippen LogP contribution in [0.2, 0.25) is 5.15 Å². The number of aromatic nitrogens is 2. The van der Waals surface area contributed by atoms with Crippen LogP contribution in [0.25, 0.3) is 5.69 Å². The average molecular weight is 354 g/mol. The van der Waals surface area contributed by atoms with Crippen molar-refractivity contribution in [1.29, 1.82) is 0 Å². The molecule has 0 unspecified atom stereocenters. The van der Waals surface area contributed by atoms with Crippen molar-refractivity contribution in [2.45, 2.75) is 6.92 Å². The number of rotatable bonds is 4. The Hall–Kier alpha value is -3.12. The number of nitrogens with two attached hydrogens (primary N) is 1. The topological polar surface area (TPSA) is 85.3 Å². The summed E-state index contributed by atoms with van der Waals surface area (Å²) in [6.45, 7) is 1.82. The molecular formula is C18H16ClN5O. The lowest BCUT2D eigenvalue weighted by Crippen LogP contribution is -2.19. The summed E-state index contributed by atoms with van der Waals surface area (Å²) in [5, 5.41) is 8.80. The Bertz CT molecular complexity index is 934. The largest absolute Gasteiger partial charge is 0.398 e. The number of hydrazone groups is 1. The van der Waals surface area contributed by atoms with E-state index < -0.39 is 5.91 Å². The Morgan fingerprint density at radius 3 is 2.60 bits per heavy atom. The lowest BCUT2D eigenvalue weighted by atomic mass is 10.2. The van der Waals surface area contributed by atoms with Gasteiger partial charge in [0.25, 0.3) is 5.91 Å². The van der Waals surface area contributed by atoms with E-state index >= 15 is 0 Å². The van der Waals surface area contributed by atoms with Crippen molar-refractivity contribution in [2.75, 3.05) is 5.73 Å². The first-order chi connectivity index (χ1) is 12.1. The van der Waals surface area contributed by atoms with E-state index in [9.17, 15) is 4.79 Å². The first kappa shape index (κ1) is 16.7. The maximum atomic E-state index is 12.1. The molecule has 0 radical (unpaired) electrons. The molecule has 0 bridgehead atoms. The number of carbonyl (C=O) groups is 1. The minimum Gasteiger partial charge on any atom is -0.398 e. The molecule has 0 saturated heterocycles. The lowest BCUT2D eigenvalue weighted by Gasteiger charge is -2.03. The summed E-state index contributed by atoms with van der Waals surface area (Å²) in [5.41, 5.74) is 11.1. The Labute approximate surface area is 149 Å². The molecule has 6 nitrogen and oxygen atoms in total. The van der Waals surface area contributed by atoms with E-state index in [0.29, 0.717) is 27.7 Å². The molecular weight excluding hydrogens is 338 g/mol. The van der Waals surface area contributed by atoms with Crippen LogP contribution < -0.4 is 11.2 Å². The van der Waals surface area contributed by atoms with E-state index in [2.05, 4.69) is 15.6 Å². The van der Waals surface area contributed by atoms with Crippen LogP contribution >= 0.6 is 11.6 Å². The zero-order chi connectivity index (χ0) is 17.8. The van der Waals surface area contributed by atoms with E-state index in [1.54, 1.807) is 28.9 Å². The summed E-state index contributed by atoms with van der Waals surface area (Å²) >= 11 is 6.40. The van der Waals surface area contributed by atoms with E-state index in [0.717, 1.165) is 5.69 Å². The fourth-order valence-corrected chi connectivity index (χ4v) is 2.64. The van der Waals surface area contributed by atoms with Crippen LogP contribution in [-0.2, 0) is 0 Å². The fourth-order valence-electron chi connectivity index (χ4n) is 2.32. The number of amides is 1. The fraction of sp³-hybridized carbons (Fsp3) is 0.0556. The molecule has 126 valence electrons. The molecule has 7 heteroatoms. The van der Waals surface area contributed by atoms with E-state index in [1.807, 2.05) is 37.3 Å². The van der Waals surface area contributed by atoms with Gasteiger partial charge in [0.15, 0.2) is 0 Å². The molecule has 3 N–H and O–H groups in total. The second-order valence-corrected chi connectivity index (χ2v) is 5.68. The number of halogens is 1. The maximum absolute atomic E-state index is 12.1. The third-order valence-electron chi connectivity index (χ3n) is 3.61. The van der Waals surface area contributed by atoms with Gasteiger partial charge in [0.1, 0.15) is 5.15 Å². The van der Waals surface area contributed by atoms with Gasteiger partial charge in [-0.1, -0.05) is 41.9 Å². The minimum atomic E-state index is -0.390. The van der Waals surface area contributed by atoms with Gasteiger partial charge < -0.3 is 5.73 Å². The summed E-state index contributed by atoms with van der Waals surface area (Å²) in [5.74, 6) is -0.390. The Morgan fingerprint density at radius 1 is 1.20 bits per heavy atom. The van der Waals surface area contributed by atoms with Gasteiger partial charge >= 0.3 is 0 Å². The van der Waals surface area contributed by atoms with Crippen molar-refractivity contribution < 1.29 is 4.79 Å². The highest BCUT2D eigenvalue weighted by molar-refractivity contribution is 6.32. The molecule has 3 aromatic rings. The molecule has 1 amide bonds. The number of nitrogens with one attached hydrogen (secondary N) is 1. The van der Waals surface area contributed by atoms with Crippen molar-refractivity contribution >= 4 is 29.4 Å². The molecule has 1 aromatic heterocycles. The third-order valence-corrected chi connectivity index (χ3v) is 3.98. The first-order valence-electron chi connectivity index (χ1n) is 7.56. The van der Waals surface area contributed by atoms with Gasteiger partial charge in [0.05, 0.1) is 28.7 Å². The second kappa shape index (κ2) is 7.19. The van der Waals surface area contributed by atoms with E-state index in [1.165, 1.54) is 6.21 Å². The predicted molar refractivity (Wildman–Crippen MR) is 99.2 cm³/mol. The molecule has 2 aromatic carbocycles. The van der Waals surface area contributed by atoms with Crippen molar-refractivity contribution in [3.05, 3.63) is 76.6 Å². The van der Waals surface area contributed by atoms with Crippen LogP contribution in [0.3, 0.4) is 0 Å². The number of carbonyl (C=O) groups excluding carboxylic acids is 1. The third kappa shape index (κ3) is 3.54. The van der Waals surface area contributed by atoms with Crippen molar-refractivity contribution in [2.24, 2.45) is 5.10 Å². The van der Waals surface area contributed by atoms with Gasteiger partial charge in [0.2, 0.25) is 0 Å². The molecule has 0 aliphatic rings. The summed E-state index contributed by atoms with van der Waals surface area (Å²) in [7, 11) is 0. The predicted octanol–water partition coefficient (Wildman–Crippen LogP) is 3.18. The average Bonchev–Trinajstić information content (AvgIpc) is 2.91. The Morgan fingerprint density at radius 2 is 1.88 bits per heavy atom. The summed E-state index contributed by atoms with van der Waals surface area (Å²) in [6.07, 6.45) is 1.47. The number of anilines is 1. The highest BCUT2D eigenvalue weighted by Crippen LogP contribution is 2.21. The molecule has 3 rings (SSSR count). The van der Waals surface area contributed by atoms with Crippen molar-refractivity contribution in [3.8, 4) is 5.69 Å². The van der Waals surface area contributed by atoms with Gasteiger partial charge in [0, 0.05) is 5.69 Å². The monoisotopic (exact) mass is 353 g/mol. The number of nitrogen functional groups attached to an aromatic ring is 1. The van der Waals surface area contributed by atoms with E-state index in [-0.39, 0.29) is 0 Å². The normalized spacial score (nSPS) is 11.0. The molecule has 0 aliphatic carbocycles. The lowest BCUT2D eigenvalue weighted by molar-refractivity contribution is 0.0956. The van der Waals surface area contributed by atoms with Crippen LogP contribution in [0.5, 0.6) is 0 Å². The number of nitrogens with zero attached hydrogens (tertiary/aromatic N) is 3.